The maximum atomic E-state index is 3.61. The van der Waals surface area contributed by atoms with Crippen LogP contribution in [-0.4, -0.2) is 62.2 Å². The SMILES string of the molecule is CN(CCCNCCCN1CCCC1)C1CCCCC1. The highest BCUT2D eigenvalue weighted by atomic mass is 15.1. The molecule has 1 aliphatic carbocycles. The lowest BCUT2D eigenvalue weighted by molar-refractivity contribution is 0.189. The van der Waals surface area contributed by atoms with Gasteiger partial charge in [-0.1, -0.05) is 19.3 Å². The summed E-state index contributed by atoms with van der Waals surface area (Å²) >= 11 is 0. The summed E-state index contributed by atoms with van der Waals surface area (Å²) in [7, 11) is 2.32. The Bertz CT molecular complexity index is 232. The van der Waals surface area contributed by atoms with E-state index in [2.05, 4.69) is 22.2 Å². The molecule has 0 amide bonds. The van der Waals surface area contributed by atoms with Crippen molar-refractivity contribution in [1.82, 2.24) is 15.1 Å². The maximum absolute atomic E-state index is 3.61. The molecule has 2 rings (SSSR count). The van der Waals surface area contributed by atoms with E-state index in [1.807, 2.05) is 0 Å². The summed E-state index contributed by atoms with van der Waals surface area (Å²) in [4.78, 5) is 5.21. The number of nitrogens with one attached hydrogen (secondary N) is 1. The van der Waals surface area contributed by atoms with Crippen LogP contribution in [0.1, 0.15) is 57.8 Å². The summed E-state index contributed by atoms with van der Waals surface area (Å²) in [6.07, 6.45) is 12.7. The molecule has 1 saturated heterocycles. The van der Waals surface area contributed by atoms with Gasteiger partial charge in [-0.15, -0.1) is 0 Å². The van der Waals surface area contributed by atoms with Crippen molar-refractivity contribution in [2.24, 2.45) is 0 Å². The number of likely N-dealkylation sites (tertiary alicyclic amines) is 1. The molecule has 0 aromatic carbocycles. The summed E-state index contributed by atoms with van der Waals surface area (Å²) < 4.78 is 0. The van der Waals surface area contributed by atoms with Crippen LogP contribution in [0.15, 0.2) is 0 Å². The zero-order valence-electron chi connectivity index (χ0n) is 13.6. The van der Waals surface area contributed by atoms with Crippen molar-refractivity contribution in [2.45, 2.75) is 63.8 Å². The third kappa shape index (κ3) is 6.11. The smallest absolute Gasteiger partial charge is 0.00922 e. The van der Waals surface area contributed by atoms with Crippen LogP contribution in [0.4, 0.5) is 0 Å². The molecule has 0 aromatic rings. The van der Waals surface area contributed by atoms with Crippen molar-refractivity contribution >= 4 is 0 Å². The highest BCUT2D eigenvalue weighted by molar-refractivity contribution is 4.73. The lowest BCUT2D eigenvalue weighted by atomic mass is 9.94. The summed E-state index contributed by atoms with van der Waals surface area (Å²) in [6, 6.07) is 0.874. The van der Waals surface area contributed by atoms with Gasteiger partial charge in [0, 0.05) is 6.04 Å². The molecule has 2 fully saturated rings. The first kappa shape index (κ1) is 16.3. The van der Waals surface area contributed by atoms with Crippen LogP contribution in [-0.2, 0) is 0 Å². The summed E-state index contributed by atoms with van der Waals surface area (Å²) in [6.45, 7) is 7.64. The summed E-state index contributed by atoms with van der Waals surface area (Å²) in [5.74, 6) is 0. The van der Waals surface area contributed by atoms with Crippen molar-refractivity contribution in [3.8, 4) is 0 Å². The molecule has 20 heavy (non-hydrogen) atoms. The Hall–Kier alpha value is -0.120. The first-order valence-corrected chi connectivity index (χ1v) is 8.99. The Morgan fingerprint density at radius 3 is 2.40 bits per heavy atom. The molecule has 0 bridgehead atoms. The molecule has 1 aliphatic heterocycles. The first-order chi connectivity index (χ1) is 9.86. The molecular formula is C17H35N3. The van der Waals surface area contributed by atoms with E-state index in [-0.39, 0.29) is 0 Å². The topological polar surface area (TPSA) is 18.5 Å². The van der Waals surface area contributed by atoms with E-state index >= 15 is 0 Å². The molecule has 0 atom stereocenters. The van der Waals surface area contributed by atoms with Crippen LogP contribution >= 0.6 is 0 Å². The Morgan fingerprint density at radius 1 is 0.950 bits per heavy atom. The second-order valence-electron chi connectivity index (χ2n) is 6.78. The molecule has 3 nitrogen and oxygen atoms in total. The minimum Gasteiger partial charge on any atom is -0.317 e. The Morgan fingerprint density at radius 2 is 1.65 bits per heavy atom. The van der Waals surface area contributed by atoms with E-state index in [1.165, 1.54) is 97.1 Å². The summed E-state index contributed by atoms with van der Waals surface area (Å²) in [5, 5.41) is 3.61. The highest BCUT2D eigenvalue weighted by Gasteiger charge is 2.17. The average Bonchev–Trinajstić information content (AvgIpc) is 3.00. The highest BCUT2D eigenvalue weighted by Crippen LogP contribution is 2.21. The zero-order chi connectivity index (χ0) is 14.0. The van der Waals surface area contributed by atoms with E-state index in [0.717, 1.165) is 6.04 Å². The molecule has 0 spiro atoms. The van der Waals surface area contributed by atoms with Crippen molar-refractivity contribution in [3.63, 3.8) is 0 Å². The number of nitrogens with zero attached hydrogens (tertiary/aromatic N) is 2. The van der Waals surface area contributed by atoms with Crippen LogP contribution in [0.3, 0.4) is 0 Å². The normalized spacial score (nSPS) is 21.9. The van der Waals surface area contributed by atoms with Gasteiger partial charge in [-0.05, 0) is 84.8 Å². The minimum absolute atomic E-state index is 0.874. The zero-order valence-corrected chi connectivity index (χ0v) is 13.6. The van der Waals surface area contributed by atoms with Crippen LogP contribution in [0, 0.1) is 0 Å². The van der Waals surface area contributed by atoms with Gasteiger partial charge in [0.05, 0.1) is 0 Å². The molecule has 2 aliphatic rings. The lowest BCUT2D eigenvalue weighted by Gasteiger charge is -2.31. The molecule has 0 radical (unpaired) electrons. The molecule has 0 unspecified atom stereocenters. The van der Waals surface area contributed by atoms with Gasteiger partial charge in [0.1, 0.15) is 0 Å². The molecule has 3 heteroatoms. The van der Waals surface area contributed by atoms with E-state index < -0.39 is 0 Å². The largest absolute Gasteiger partial charge is 0.317 e. The number of hydrogen-bond acceptors (Lipinski definition) is 3. The quantitative estimate of drug-likeness (QED) is 0.656. The van der Waals surface area contributed by atoms with Gasteiger partial charge >= 0.3 is 0 Å². The standard InChI is InChI=1S/C17H35N3/c1-19(17-9-3-2-4-10-17)13-7-11-18-12-8-16-20-14-5-6-15-20/h17-18H,2-16H2,1H3. The van der Waals surface area contributed by atoms with Gasteiger partial charge in [-0.25, -0.2) is 0 Å². The maximum Gasteiger partial charge on any atom is 0.00922 e. The van der Waals surface area contributed by atoms with Crippen molar-refractivity contribution < 1.29 is 0 Å². The second-order valence-corrected chi connectivity index (χ2v) is 6.78. The summed E-state index contributed by atoms with van der Waals surface area (Å²) in [5.41, 5.74) is 0. The fourth-order valence-electron chi connectivity index (χ4n) is 3.72. The molecular weight excluding hydrogens is 246 g/mol. The van der Waals surface area contributed by atoms with Crippen molar-refractivity contribution in [1.29, 1.82) is 0 Å². The van der Waals surface area contributed by atoms with Gasteiger partial charge in [-0.2, -0.15) is 0 Å². The number of hydrogen-bond donors (Lipinski definition) is 1. The minimum atomic E-state index is 0.874. The molecule has 1 N–H and O–H groups in total. The molecule has 1 heterocycles. The molecule has 0 aromatic heterocycles. The van der Waals surface area contributed by atoms with Gasteiger partial charge in [0.2, 0.25) is 0 Å². The Labute approximate surface area is 126 Å². The monoisotopic (exact) mass is 281 g/mol. The van der Waals surface area contributed by atoms with Crippen LogP contribution < -0.4 is 5.32 Å². The van der Waals surface area contributed by atoms with Gasteiger partial charge < -0.3 is 15.1 Å². The van der Waals surface area contributed by atoms with Crippen LogP contribution in [0.25, 0.3) is 0 Å². The van der Waals surface area contributed by atoms with E-state index in [0.29, 0.717) is 0 Å². The van der Waals surface area contributed by atoms with Gasteiger partial charge in [-0.3, -0.25) is 0 Å². The Balaban J connectivity index is 1.39. The van der Waals surface area contributed by atoms with Gasteiger partial charge in [0.15, 0.2) is 0 Å². The third-order valence-corrected chi connectivity index (χ3v) is 5.09. The molecule has 118 valence electrons. The van der Waals surface area contributed by atoms with Crippen molar-refractivity contribution in [2.75, 3.05) is 46.3 Å². The second kappa shape index (κ2) is 9.75. The van der Waals surface area contributed by atoms with E-state index in [4.69, 9.17) is 0 Å². The van der Waals surface area contributed by atoms with Crippen molar-refractivity contribution in [3.05, 3.63) is 0 Å². The van der Waals surface area contributed by atoms with Crippen LogP contribution in [0.5, 0.6) is 0 Å². The Kier molecular flexibility index (Phi) is 7.92. The van der Waals surface area contributed by atoms with Gasteiger partial charge in [0.25, 0.3) is 0 Å². The van der Waals surface area contributed by atoms with E-state index in [9.17, 15) is 0 Å². The third-order valence-electron chi connectivity index (χ3n) is 5.09. The predicted octanol–water partition coefficient (Wildman–Crippen LogP) is 2.72. The lowest BCUT2D eigenvalue weighted by Crippen LogP contribution is -2.35. The fourth-order valence-corrected chi connectivity index (χ4v) is 3.72. The van der Waals surface area contributed by atoms with E-state index in [1.54, 1.807) is 0 Å². The predicted molar refractivity (Wildman–Crippen MR) is 87.3 cm³/mol. The first-order valence-electron chi connectivity index (χ1n) is 8.99. The fraction of sp³-hybridized carbons (Fsp3) is 1.00. The van der Waals surface area contributed by atoms with Crippen LogP contribution in [0.2, 0.25) is 0 Å². The number of rotatable bonds is 9. The average molecular weight is 281 g/mol. The molecule has 1 saturated carbocycles.